The molecule has 0 unspecified atom stereocenters. The number of urea groups is 1. The molecular weight excluding hydrogens is 315 g/mol. The smallest absolute Gasteiger partial charge is 0.326 e. The maximum atomic E-state index is 13.4. The van der Waals surface area contributed by atoms with Crippen LogP contribution in [0.3, 0.4) is 0 Å². The Labute approximate surface area is 131 Å². The van der Waals surface area contributed by atoms with Gasteiger partial charge in [-0.3, -0.25) is 4.79 Å². The molecule has 0 aliphatic rings. The van der Waals surface area contributed by atoms with Crippen LogP contribution in [0.25, 0.3) is 0 Å². The average molecular weight is 336 g/mol. The third-order valence-corrected chi connectivity index (χ3v) is 2.88. The molecule has 2 atom stereocenters. The zero-order valence-electron chi connectivity index (χ0n) is 12.8. The zero-order valence-corrected chi connectivity index (χ0v) is 12.8. The van der Waals surface area contributed by atoms with Gasteiger partial charge in [-0.1, -0.05) is 0 Å². The van der Waals surface area contributed by atoms with E-state index in [1.165, 1.54) is 13.8 Å². The van der Waals surface area contributed by atoms with E-state index in [2.05, 4.69) is 0 Å². The molecule has 0 saturated heterocycles. The zero-order chi connectivity index (χ0) is 18.2. The van der Waals surface area contributed by atoms with Gasteiger partial charge in [-0.05, 0) is 33.1 Å². The number of carboxylic acids is 3. The molecule has 23 heavy (non-hydrogen) atoms. The molecule has 132 valence electrons. The second kappa shape index (κ2) is 8.91. The first-order chi connectivity index (χ1) is 10.4. The van der Waals surface area contributed by atoms with E-state index < -0.39 is 48.1 Å². The number of alkyl halides is 1. The highest BCUT2D eigenvalue weighted by Crippen LogP contribution is 2.17. The fourth-order valence-electron chi connectivity index (χ4n) is 1.63. The molecule has 0 fully saturated rings. The molecule has 0 aromatic rings. The lowest BCUT2D eigenvalue weighted by molar-refractivity contribution is -0.141. The van der Waals surface area contributed by atoms with E-state index in [0.29, 0.717) is 0 Å². The first-order valence-electron chi connectivity index (χ1n) is 6.85. The number of rotatable bonds is 10. The minimum atomic E-state index is -1.61. The van der Waals surface area contributed by atoms with Crippen molar-refractivity contribution in [1.82, 2.24) is 10.6 Å². The van der Waals surface area contributed by atoms with Crippen LogP contribution in [-0.4, -0.2) is 57.0 Å². The van der Waals surface area contributed by atoms with Crippen LogP contribution in [0.4, 0.5) is 9.18 Å². The van der Waals surface area contributed by atoms with Gasteiger partial charge in [-0.2, -0.15) is 0 Å². The minimum Gasteiger partial charge on any atom is -0.481 e. The van der Waals surface area contributed by atoms with Gasteiger partial charge in [0.2, 0.25) is 0 Å². The van der Waals surface area contributed by atoms with E-state index in [4.69, 9.17) is 15.3 Å². The SMILES string of the molecule is CC(C)(F)CC[C@H](NC(=O)N[C@@H](CCC(=O)O)C(=O)O)C(=O)O. The maximum absolute atomic E-state index is 13.4. The average Bonchev–Trinajstić information content (AvgIpc) is 2.37. The van der Waals surface area contributed by atoms with Gasteiger partial charge in [0.15, 0.2) is 0 Å². The molecule has 0 bridgehead atoms. The molecule has 9 nitrogen and oxygen atoms in total. The Morgan fingerprint density at radius 2 is 1.39 bits per heavy atom. The van der Waals surface area contributed by atoms with Crippen molar-refractivity contribution in [3.63, 3.8) is 0 Å². The lowest BCUT2D eigenvalue weighted by Crippen LogP contribution is -2.51. The Morgan fingerprint density at radius 1 is 0.957 bits per heavy atom. The van der Waals surface area contributed by atoms with Crippen LogP contribution in [-0.2, 0) is 14.4 Å². The highest BCUT2D eigenvalue weighted by molar-refractivity contribution is 5.86. The fourth-order valence-corrected chi connectivity index (χ4v) is 1.63. The van der Waals surface area contributed by atoms with E-state index in [9.17, 15) is 23.6 Å². The Bertz CT molecular complexity index is 462. The molecule has 0 radical (unpaired) electrons. The molecule has 0 aromatic heterocycles. The summed E-state index contributed by atoms with van der Waals surface area (Å²) in [6.07, 6.45) is -1.13. The minimum absolute atomic E-state index is 0.119. The Morgan fingerprint density at radius 3 is 1.74 bits per heavy atom. The molecule has 0 aromatic carbocycles. The van der Waals surface area contributed by atoms with Crippen LogP contribution >= 0.6 is 0 Å². The topological polar surface area (TPSA) is 153 Å². The van der Waals surface area contributed by atoms with E-state index in [-0.39, 0.29) is 19.3 Å². The molecule has 0 rings (SSSR count). The highest BCUT2D eigenvalue weighted by Gasteiger charge is 2.27. The first kappa shape index (κ1) is 20.6. The Balaban J connectivity index is 4.62. The lowest BCUT2D eigenvalue weighted by Gasteiger charge is -2.20. The monoisotopic (exact) mass is 336 g/mol. The molecule has 0 heterocycles. The van der Waals surface area contributed by atoms with Gasteiger partial charge >= 0.3 is 23.9 Å². The van der Waals surface area contributed by atoms with Gasteiger partial charge in [0.25, 0.3) is 0 Å². The third kappa shape index (κ3) is 10.0. The molecule has 0 aliphatic heterocycles. The summed E-state index contributed by atoms with van der Waals surface area (Å²) in [4.78, 5) is 44.0. The van der Waals surface area contributed by atoms with Crippen molar-refractivity contribution in [3.8, 4) is 0 Å². The maximum Gasteiger partial charge on any atom is 0.326 e. The van der Waals surface area contributed by atoms with Crippen molar-refractivity contribution in [3.05, 3.63) is 0 Å². The molecular formula is C13H21FN2O7. The van der Waals surface area contributed by atoms with Gasteiger partial charge in [0.1, 0.15) is 17.8 Å². The number of amides is 2. The van der Waals surface area contributed by atoms with Gasteiger partial charge in [-0.25, -0.2) is 18.8 Å². The molecule has 0 aliphatic carbocycles. The van der Waals surface area contributed by atoms with Crippen LogP contribution in [0.5, 0.6) is 0 Å². The summed E-state index contributed by atoms with van der Waals surface area (Å²) >= 11 is 0. The number of hydrogen-bond donors (Lipinski definition) is 5. The van der Waals surface area contributed by atoms with Gasteiger partial charge < -0.3 is 26.0 Å². The van der Waals surface area contributed by atoms with Gasteiger partial charge in [0, 0.05) is 6.42 Å². The first-order valence-corrected chi connectivity index (χ1v) is 6.85. The predicted molar refractivity (Wildman–Crippen MR) is 75.8 cm³/mol. The van der Waals surface area contributed by atoms with Crippen LogP contribution < -0.4 is 10.6 Å². The predicted octanol–water partition coefficient (Wildman–Crippen LogP) is 0.585. The standard InChI is InChI=1S/C13H21FN2O7/c1-13(2,14)6-5-8(11(21)22)16-12(23)15-7(10(19)20)3-4-9(17)18/h7-8H,3-6H2,1-2H3,(H,17,18)(H,19,20)(H,21,22)(H2,15,16,23)/t7-,8-/m0/s1. The van der Waals surface area contributed by atoms with E-state index >= 15 is 0 Å². The Kier molecular flexibility index (Phi) is 7.98. The summed E-state index contributed by atoms with van der Waals surface area (Å²) in [5.41, 5.74) is -1.61. The fraction of sp³-hybridized carbons (Fsp3) is 0.692. The van der Waals surface area contributed by atoms with Crippen LogP contribution in [0, 0.1) is 0 Å². The quantitative estimate of drug-likeness (QED) is 0.391. The van der Waals surface area contributed by atoms with Crippen LogP contribution in [0.1, 0.15) is 39.5 Å². The van der Waals surface area contributed by atoms with Crippen LogP contribution in [0.15, 0.2) is 0 Å². The largest absolute Gasteiger partial charge is 0.481 e. The normalized spacial score (nSPS) is 13.7. The molecule has 0 saturated carbocycles. The van der Waals surface area contributed by atoms with E-state index in [1.807, 2.05) is 10.6 Å². The molecule has 10 heteroatoms. The van der Waals surface area contributed by atoms with Crippen molar-refractivity contribution in [1.29, 1.82) is 0 Å². The number of carbonyl (C=O) groups excluding carboxylic acids is 1. The van der Waals surface area contributed by atoms with Gasteiger partial charge in [-0.15, -0.1) is 0 Å². The van der Waals surface area contributed by atoms with Crippen molar-refractivity contribution in [2.45, 2.75) is 57.3 Å². The molecule has 5 N–H and O–H groups in total. The van der Waals surface area contributed by atoms with Crippen molar-refractivity contribution >= 4 is 23.9 Å². The molecule has 0 spiro atoms. The second-order valence-electron chi connectivity index (χ2n) is 5.59. The lowest BCUT2D eigenvalue weighted by atomic mass is 10.0. The summed E-state index contributed by atoms with van der Waals surface area (Å²) in [5.74, 6) is -4.06. The van der Waals surface area contributed by atoms with Gasteiger partial charge in [0.05, 0.1) is 0 Å². The summed E-state index contributed by atoms with van der Waals surface area (Å²) in [5, 5.41) is 30.4. The van der Waals surface area contributed by atoms with E-state index in [0.717, 1.165) is 0 Å². The number of carbonyl (C=O) groups is 4. The van der Waals surface area contributed by atoms with Crippen LogP contribution in [0.2, 0.25) is 0 Å². The number of hydrogen-bond acceptors (Lipinski definition) is 4. The Hall–Kier alpha value is -2.39. The summed E-state index contributed by atoms with van der Waals surface area (Å²) in [6.45, 7) is 2.52. The number of halogens is 1. The second-order valence-corrected chi connectivity index (χ2v) is 5.59. The summed E-state index contributed by atoms with van der Waals surface area (Å²) in [7, 11) is 0. The van der Waals surface area contributed by atoms with Crippen molar-refractivity contribution in [2.75, 3.05) is 0 Å². The number of carboxylic acid groups (broad SMARTS) is 3. The summed E-state index contributed by atoms with van der Waals surface area (Å²) in [6, 6.07) is -3.94. The van der Waals surface area contributed by atoms with Crippen molar-refractivity contribution < 1.29 is 38.9 Å². The number of aliphatic carboxylic acids is 3. The van der Waals surface area contributed by atoms with Crippen molar-refractivity contribution in [2.24, 2.45) is 0 Å². The molecule has 2 amide bonds. The number of nitrogens with one attached hydrogen (secondary N) is 2. The highest BCUT2D eigenvalue weighted by atomic mass is 19.1. The van der Waals surface area contributed by atoms with E-state index in [1.54, 1.807) is 0 Å². The summed E-state index contributed by atoms with van der Waals surface area (Å²) < 4.78 is 13.4. The third-order valence-electron chi connectivity index (χ3n) is 2.88.